The summed E-state index contributed by atoms with van der Waals surface area (Å²) in [6.45, 7) is 1.30. The number of methoxy groups -OCH3 is 2. The highest BCUT2D eigenvalue weighted by Crippen LogP contribution is 2.38. The van der Waals surface area contributed by atoms with Gasteiger partial charge in [0.15, 0.2) is 11.5 Å². The van der Waals surface area contributed by atoms with Crippen LogP contribution in [0.2, 0.25) is 0 Å². The Balaban J connectivity index is 1.74. The first-order chi connectivity index (χ1) is 11.7. The third-order valence-electron chi connectivity index (χ3n) is 3.88. The number of rotatable bonds is 6. The molecule has 0 bridgehead atoms. The summed E-state index contributed by atoms with van der Waals surface area (Å²) in [5.41, 5.74) is 1.21. The molecule has 1 amide bonds. The number of ether oxygens (including phenoxy) is 3. The van der Waals surface area contributed by atoms with Gasteiger partial charge in [-0.25, -0.2) is 4.98 Å². The molecule has 1 aromatic carbocycles. The molecule has 1 saturated heterocycles. The van der Waals surface area contributed by atoms with Crippen LogP contribution >= 0.6 is 11.3 Å². The zero-order valence-electron chi connectivity index (χ0n) is 13.7. The fourth-order valence-electron chi connectivity index (χ4n) is 2.66. The summed E-state index contributed by atoms with van der Waals surface area (Å²) < 4.78 is 16.2. The number of thiazole rings is 1. The summed E-state index contributed by atoms with van der Waals surface area (Å²) in [7, 11) is 3.18. The Kier molecular flexibility index (Phi) is 5.32. The van der Waals surface area contributed by atoms with Crippen LogP contribution in [0.5, 0.6) is 11.5 Å². The molecule has 0 spiro atoms. The van der Waals surface area contributed by atoms with Gasteiger partial charge in [0.1, 0.15) is 10.7 Å². The molecule has 1 aliphatic rings. The van der Waals surface area contributed by atoms with Crippen molar-refractivity contribution in [2.45, 2.75) is 18.9 Å². The number of benzene rings is 1. The van der Waals surface area contributed by atoms with Gasteiger partial charge in [-0.15, -0.1) is 11.3 Å². The fourth-order valence-corrected chi connectivity index (χ4v) is 3.48. The summed E-state index contributed by atoms with van der Waals surface area (Å²) in [6, 6.07) is 5.59. The van der Waals surface area contributed by atoms with Crippen molar-refractivity contribution in [1.82, 2.24) is 10.3 Å². The smallest absolute Gasteiger partial charge is 0.270 e. The van der Waals surface area contributed by atoms with Crippen molar-refractivity contribution < 1.29 is 19.0 Å². The van der Waals surface area contributed by atoms with E-state index >= 15 is 0 Å². The number of nitrogens with one attached hydrogen (secondary N) is 1. The van der Waals surface area contributed by atoms with E-state index in [9.17, 15) is 4.79 Å². The molecule has 1 N–H and O–H groups in total. The third kappa shape index (κ3) is 3.52. The van der Waals surface area contributed by atoms with Crippen LogP contribution in [0.25, 0.3) is 10.6 Å². The third-order valence-corrected chi connectivity index (χ3v) is 4.76. The lowest BCUT2D eigenvalue weighted by atomic mass is 10.2. The lowest BCUT2D eigenvalue weighted by Crippen LogP contribution is -2.31. The molecule has 1 aliphatic heterocycles. The first-order valence-electron chi connectivity index (χ1n) is 7.79. The van der Waals surface area contributed by atoms with Gasteiger partial charge in [0.05, 0.1) is 25.9 Å². The van der Waals surface area contributed by atoms with E-state index in [1.54, 1.807) is 19.6 Å². The van der Waals surface area contributed by atoms with E-state index in [0.29, 0.717) is 28.7 Å². The average molecular weight is 348 g/mol. The van der Waals surface area contributed by atoms with Crippen LogP contribution in [-0.2, 0) is 4.74 Å². The van der Waals surface area contributed by atoms with Gasteiger partial charge >= 0.3 is 0 Å². The number of amides is 1. The minimum Gasteiger partial charge on any atom is -0.493 e. The number of hydrogen-bond acceptors (Lipinski definition) is 6. The minimum atomic E-state index is -0.185. The Morgan fingerprint density at radius 2 is 2.29 bits per heavy atom. The average Bonchev–Trinajstić information content (AvgIpc) is 3.30. The molecule has 0 saturated carbocycles. The Hall–Kier alpha value is -2.12. The summed E-state index contributed by atoms with van der Waals surface area (Å²) in [4.78, 5) is 16.7. The Labute approximate surface area is 144 Å². The van der Waals surface area contributed by atoms with E-state index < -0.39 is 0 Å². The molecule has 24 heavy (non-hydrogen) atoms. The van der Waals surface area contributed by atoms with Gasteiger partial charge in [-0.2, -0.15) is 0 Å². The first-order valence-corrected chi connectivity index (χ1v) is 8.67. The Morgan fingerprint density at radius 1 is 1.42 bits per heavy atom. The van der Waals surface area contributed by atoms with E-state index in [0.717, 1.165) is 25.0 Å². The Morgan fingerprint density at radius 3 is 3.00 bits per heavy atom. The highest BCUT2D eigenvalue weighted by Gasteiger charge is 2.19. The first kappa shape index (κ1) is 16.7. The van der Waals surface area contributed by atoms with Crippen LogP contribution in [0.3, 0.4) is 0 Å². The maximum atomic E-state index is 12.2. The SMILES string of the molecule is COc1cccc(-c2nc(C(=O)NCC3CCCO3)cs2)c1OC. The molecule has 3 rings (SSSR count). The summed E-state index contributed by atoms with van der Waals surface area (Å²) in [5.74, 6) is 1.06. The molecule has 6 nitrogen and oxygen atoms in total. The van der Waals surface area contributed by atoms with Crippen molar-refractivity contribution in [1.29, 1.82) is 0 Å². The molecule has 1 fully saturated rings. The zero-order valence-corrected chi connectivity index (χ0v) is 14.5. The maximum Gasteiger partial charge on any atom is 0.270 e. The topological polar surface area (TPSA) is 69.7 Å². The van der Waals surface area contributed by atoms with Crippen LogP contribution < -0.4 is 14.8 Å². The molecule has 128 valence electrons. The highest BCUT2D eigenvalue weighted by atomic mass is 32.1. The molecule has 1 aromatic heterocycles. The molecular formula is C17H20N2O4S. The van der Waals surface area contributed by atoms with Crippen molar-refractivity contribution in [2.24, 2.45) is 0 Å². The largest absolute Gasteiger partial charge is 0.493 e. The monoisotopic (exact) mass is 348 g/mol. The molecule has 1 unspecified atom stereocenters. The number of carbonyl (C=O) groups is 1. The molecule has 0 radical (unpaired) electrons. The molecular weight excluding hydrogens is 328 g/mol. The van der Waals surface area contributed by atoms with E-state index in [4.69, 9.17) is 14.2 Å². The predicted octanol–water partition coefficient (Wildman–Crippen LogP) is 2.74. The fraction of sp³-hybridized carbons (Fsp3) is 0.412. The van der Waals surface area contributed by atoms with Gasteiger partial charge in [0.25, 0.3) is 5.91 Å². The van der Waals surface area contributed by atoms with E-state index in [-0.39, 0.29) is 12.0 Å². The van der Waals surface area contributed by atoms with Gasteiger partial charge in [0, 0.05) is 18.5 Å². The lowest BCUT2D eigenvalue weighted by molar-refractivity contribution is 0.0854. The molecule has 1 atom stereocenters. The van der Waals surface area contributed by atoms with Crippen LogP contribution in [-0.4, -0.2) is 44.4 Å². The number of para-hydroxylation sites is 1. The van der Waals surface area contributed by atoms with Crippen LogP contribution in [0.1, 0.15) is 23.3 Å². The van der Waals surface area contributed by atoms with E-state index in [1.807, 2.05) is 18.2 Å². The summed E-state index contributed by atoms with van der Waals surface area (Å²) >= 11 is 1.40. The van der Waals surface area contributed by atoms with Crippen molar-refractivity contribution in [3.8, 4) is 22.1 Å². The lowest BCUT2D eigenvalue weighted by Gasteiger charge is -2.10. The normalized spacial score (nSPS) is 16.8. The standard InChI is InChI=1S/C17H20N2O4S/c1-21-14-7-3-6-12(15(14)22-2)17-19-13(10-24-17)16(20)18-9-11-5-4-8-23-11/h3,6-7,10-11H,4-5,8-9H2,1-2H3,(H,18,20). The molecule has 0 aliphatic carbocycles. The van der Waals surface area contributed by atoms with Crippen molar-refractivity contribution >= 4 is 17.2 Å². The van der Waals surface area contributed by atoms with Crippen molar-refractivity contribution in [2.75, 3.05) is 27.4 Å². The van der Waals surface area contributed by atoms with Crippen molar-refractivity contribution in [3.05, 3.63) is 29.3 Å². The Bertz CT molecular complexity index is 710. The molecule has 7 heteroatoms. The van der Waals surface area contributed by atoms with Crippen LogP contribution in [0, 0.1) is 0 Å². The van der Waals surface area contributed by atoms with Gasteiger partial charge in [-0.1, -0.05) is 6.07 Å². The molecule has 2 heterocycles. The predicted molar refractivity (Wildman–Crippen MR) is 92.0 cm³/mol. The van der Waals surface area contributed by atoms with Gasteiger partial charge in [0.2, 0.25) is 0 Å². The minimum absolute atomic E-state index is 0.116. The number of hydrogen-bond donors (Lipinski definition) is 1. The van der Waals surface area contributed by atoms with Crippen molar-refractivity contribution in [3.63, 3.8) is 0 Å². The quantitative estimate of drug-likeness (QED) is 0.869. The van der Waals surface area contributed by atoms with E-state index in [1.165, 1.54) is 11.3 Å². The highest BCUT2D eigenvalue weighted by molar-refractivity contribution is 7.13. The van der Waals surface area contributed by atoms with Gasteiger partial charge in [-0.05, 0) is 25.0 Å². The second-order valence-electron chi connectivity index (χ2n) is 5.42. The van der Waals surface area contributed by atoms with Crippen LogP contribution in [0.15, 0.2) is 23.6 Å². The van der Waals surface area contributed by atoms with E-state index in [2.05, 4.69) is 10.3 Å². The second-order valence-corrected chi connectivity index (χ2v) is 6.28. The number of aromatic nitrogens is 1. The summed E-state index contributed by atoms with van der Waals surface area (Å²) in [5, 5.41) is 5.35. The summed E-state index contributed by atoms with van der Waals surface area (Å²) in [6.07, 6.45) is 2.16. The molecule has 2 aromatic rings. The zero-order chi connectivity index (χ0) is 16.9. The van der Waals surface area contributed by atoms with Gasteiger partial charge < -0.3 is 19.5 Å². The second kappa shape index (κ2) is 7.63. The van der Waals surface area contributed by atoms with Gasteiger partial charge in [-0.3, -0.25) is 4.79 Å². The van der Waals surface area contributed by atoms with Crippen LogP contribution in [0.4, 0.5) is 0 Å². The maximum absolute atomic E-state index is 12.2. The number of nitrogens with zero attached hydrogens (tertiary/aromatic N) is 1. The number of carbonyl (C=O) groups excluding carboxylic acids is 1.